The Morgan fingerprint density at radius 1 is 1.16 bits per heavy atom. The number of amides is 2. The fraction of sp³-hybridized carbons (Fsp3) is 0.500. The first-order chi connectivity index (χ1) is 14.7. The number of Topliss-reactive ketones (excluding diaryl/α,β-unsaturated/α-hetero) is 1. The molecule has 2 heterocycles. The third-order valence-electron chi connectivity index (χ3n) is 5.49. The number of rotatable bonds is 10. The predicted molar refractivity (Wildman–Crippen MR) is 113 cm³/mol. The highest BCUT2D eigenvalue weighted by Crippen LogP contribution is 2.30. The summed E-state index contributed by atoms with van der Waals surface area (Å²) in [7, 11) is 1.90. The van der Waals surface area contributed by atoms with Gasteiger partial charge in [0.15, 0.2) is 11.4 Å². The van der Waals surface area contributed by atoms with Crippen molar-refractivity contribution in [1.29, 1.82) is 0 Å². The van der Waals surface area contributed by atoms with E-state index in [2.05, 4.69) is 10.6 Å². The molecular weight excluding hydrogens is 402 g/mol. The molecule has 1 fully saturated rings. The molecule has 9 heteroatoms. The normalized spacial score (nSPS) is 19.8. The number of aliphatic hydroxyl groups is 2. The second-order valence-corrected chi connectivity index (χ2v) is 8.40. The molecule has 1 aliphatic rings. The van der Waals surface area contributed by atoms with Crippen LogP contribution in [0.4, 0.5) is 0 Å². The molecule has 3 atom stereocenters. The zero-order chi connectivity index (χ0) is 22.8. The first kappa shape index (κ1) is 22.9. The van der Waals surface area contributed by atoms with Gasteiger partial charge in [0.2, 0.25) is 5.91 Å². The monoisotopic (exact) mass is 431 g/mol. The summed E-state index contributed by atoms with van der Waals surface area (Å²) in [5.74, 6) is -1.51. The van der Waals surface area contributed by atoms with Crippen molar-refractivity contribution in [3.8, 4) is 0 Å². The number of nitrogens with one attached hydrogen (secondary N) is 2. The van der Waals surface area contributed by atoms with Crippen LogP contribution in [0.25, 0.3) is 10.9 Å². The van der Waals surface area contributed by atoms with Crippen LogP contribution in [0.3, 0.4) is 0 Å². The minimum absolute atomic E-state index is 0.0866. The van der Waals surface area contributed by atoms with E-state index in [9.17, 15) is 24.6 Å². The molecule has 3 rings (SSSR count). The molecule has 4 N–H and O–H groups in total. The first-order valence-electron chi connectivity index (χ1n) is 10.3. The molecule has 1 saturated heterocycles. The van der Waals surface area contributed by atoms with Crippen molar-refractivity contribution in [2.75, 3.05) is 19.8 Å². The highest BCUT2D eigenvalue weighted by Gasteiger charge is 2.54. The summed E-state index contributed by atoms with van der Waals surface area (Å²) in [4.78, 5) is 38.2. The predicted octanol–water partition coefficient (Wildman–Crippen LogP) is 0.130. The van der Waals surface area contributed by atoms with Gasteiger partial charge in [0.25, 0.3) is 5.91 Å². The van der Waals surface area contributed by atoms with E-state index in [1.165, 1.54) is 0 Å². The Bertz CT molecular complexity index is 979. The Balaban J connectivity index is 1.69. The van der Waals surface area contributed by atoms with E-state index in [1.54, 1.807) is 18.2 Å². The van der Waals surface area contributed by atoms with Crippen LogP contribution in [-0.2, 0) is 21.4 Å². The average molecular weight is 431 g/mol. The summed E-state index contributed by atoms with van der Waals surface area (Å²) in [6.07, 6.45) is 2.22. The lowest BCUT2D eigenvalue weighted by molar-refractivity contribution is -0.133. The molecule has 0 radical (unpaired) electrons. The zero-order valence-corrected chi connectivity index (χ0v) is 17.9. The quantitative estimate of drug-likeness (QED) is 0.395. The van der Waals surface area contributed by atoms with Crippen LogP contribution in [-0.4, -0.2) is 69.9 Å². The van der Waals surface area contributed by atoms with E-state index in [1.807, 2.05) is 37.7 Å². The number of ether oxygens (including phenoxy) is 1. The zero-order valence-electron chi connectivity index (χ0n) is 17.9. The second-order valence-electron chi connectivity index (χ2n) is 8.40. The third kappa shape index (κ3) is 4.95. The van der Waals surface area contributed by atoms with Crippen molar-refractivity contribution < 1.29 is 29.3 Å². The van der Waals surface area contributed by atoms with Gasteiger partial charge in [-0.25, -0.2) is 0 Å². The molecule has 1 aliphatic heterocycles. The number of nitrogens with zero attached hydrogens (tertiary/aromatic N) is 1. The van der Waals surface area contributed by atoms with E-state index >= 15 is 0 Å². The van der Waals surface area contributed by atoms with Gasteiger partial charge in [0.05, 0.1) is 25.9 Å². The Morgan fingerprint density at radius 2 is 1.87 bits per heavy atom. The smallest absolute Gasteiger partial charge is 0.252 e. The summed E-state index contributed by atoms with van der Waals surface area (Å²) in [5.41, 5.74) is 0.0455. The van der Waals surface area contributed by atoms with Crippen molar-refractivity contribution in [3.63, 3.8) is 0 Å². The number of benzene rings is 1. The van der Waals surface area contributed by atoms with Crippen molar-refractivity contribution in [3.05, 3.63) is 36.0 Å². The third-order valence-corrected chi connectivity index (χ3v) is 5.49. The topological polar surface area (TPSA) is 133 Å². The number of aliphatic hydroxyl groups excluding tert-OH is 2. The second kappa shape index (κ2) is 9.17. The summed E-state index contributed by atoms with van der Waals surface area (Å²) in [6.45, 7) is 2.82. The number of fused-ring (bicyclic) bond motifs is 1. The summed E-state index contributed by atoms with van der Waals surface area (Å²) in [6, 6.07) is 4.91. The first-order valence-corrected chi connectivity index (χ1v) is 10.3. The van der Waals surface area contributed by atoms with Crippen LogP contribution in [0.2, 0.25) is 0 Å². The molecule has 168 valence electrons. The van der Waals surface area contributed by atoms with Gasteiger partial charge in [0, 0.05) is 29.7 Å². The lowest BCUT2D eigenvalue weighted by atomic mass is 9.92. The largest absolute Gasteiger partial charge is 0.394 e. The van der Waals surface area contributed by atoms with Gasteiger partial charge < -0.3 is 30.2 Å². The number of aryl methyl sites for hydroxylation is 1. The van der Waals surface area contributed by atoms with Gasteiger partial charge in [-0.05, 0) is 36.6 Å². The fourth-order valence-corrected chi connectivity index (χ4v) is 3.55. The van der Waals surface area contributed by atoms with E-state index in [0.29, 0.717) is 12.0 Å². The molecule has 0 bridgehead atoms. The van der Waals surface area contributed by atoms with Crippen LogP contribution in [0.1, 0.15) is 30.6 Å². The highest BCUT2D eigenvalue weighted by molar-refractivity contribution is 6.02. The van der Waals surface area contributed by atoms with E-state index in [4.69, 9.17) is 4.74 Å². The van der Waals surface area contributed by atoms with E-state index in [-0.39, 0.29) is 12.5 Å². The maximum atomic E-state index is 12.8. The minimum Gasteiger partial charge on any atom is -0.394 e. The van der Waals surface area contributed by atoms with Crippen molar-refractivity contribution >= 4 is 28.5 Å². The highest BCUT2D eigenvalue weighted by atomic mass is 16.6. The van der Waals surface area contributed by atoms with Gasteiger partial charge in [-0.2, -0.15) is 0 Å². The molecule has 2 aromatic rings. The lowest BCUT2D eigenvalue weighted by Gasteiger charge is -2.24. The molecule has 9 nitrogen and oxygen atoms in total. The number of epoxide rings is 1. The number of hydrogen-bond donors (Lipinski definition) is 4. The van der Waals surface area contributed by atoms with Crippen LogP contribution in [0.15, 0.2) is 30.5 Å². The Hall–Kier alpha value is -2.75. The molecule has 0 saturated carbocycles. The van der Waals surface area contributed by atoms with E-state index < -0.39 is 48.5 Å². The Morgan fingerprint density at radius 3 is 2.45 bits per heavy atom. The Labute approximate surface area is 180 Å². The Kier molecular flexibility index (Phi) is 6.78. The number of aromatic nitrogens is 1. The SMILES string of the molecule is CC(C)CC(NC(=O)[C@H](CO)NC(=O)c1ccc2c(ccn2C)c1)C(=O)C1(CO)CO1. The molecule has 2 unspecified atom stereocenters. The summed E-state index contributed by atoms with van der Waals surface area (Å²) in [5, 5.41) is 25.2. The van der Waals surface area contributed by atoms with E-state index in [0.717, 1.165) is 10.9 Å². The average Bonchev–Trinajstić information content (AvgIpc) is 3.47. The molecule has 1 aromatic heterocycles. The van der Waals surface area contributed by atoms with Gasteiger partial charge >= 0.3 is 0 Å². The van der Waals surface area contributed by atoms with Crippen molar-refractivity contribution in [2.24, 2.45) is 13.0 Å². The molecule has 1 aromatic carbocycles. The van der Waals surface area contributed by atoms with Crippen molar-refractivity contribution in [2.45, 2.75) is 38.0 Å². The van der Waals surface area contributed by atoms with Gasteiger partial charge in [-0.1, -0.05) is 13.8 Å². The maximum absolute atomic E-state index is 12.8. The molecule has 0 spiro atoms. The van der Waals surface area contributed by atoms with Crippen LogP contribution in [0.5, 0.6) is 0 Å². The van der Waals surface area contributed by atoms with Gasteiger partial charge in [-0.3, -0.25) is 14.4 Å². The standard InChI is InChI=1S/C22H29N3O6/c1-13(2)8-16(19(28)22(11-27)12-31-22)23-21(30)17(10-26)24-20(29)15-4-5-18-14(9-15)6-7-25(18)3/h4-7,9,13,16-17,26-27H,8,10-12H2,1-3H3,(H,23,30)(H,24,29)/t16?,17-,22?/m0/s1. The van der Waals surface area contributed by atoms with Gasteiger partial charge in [0.1, 0.15) is 6.04 Å². The van der Waals surface area contributed by atoms with Crippen LogP contribution >= 0.6 is 0 Å². The molecule has 0 aliphatic carbocycles. The van der Waals surface area contributed by atoms with Crippen molar-refractivity contribution in [1.82, 2.24) is 15.2 Å². The minimum atomic E-state index is -1.27. The number of hydrogen-bond acceptors (Lipinski definition) is 6. The lowest BCUT2D eigenvalue weighted by Crippen LogP contribution is -2.55. The number of carbonyl (C=O) groups excluding carboxylic acids is 3. The summed E-state index contributed by atoms with van der Waals surface area (Å²) >= 11 is 0. The number of carbonyl (C=O) groups is 3. The van der Waals surface area contributed by atoms with Gasteiger partial charge in [-0.15, -0.1) is 0 Å². The fourth-order valence-electron chi connectivity index (χ4n) is 3.55. The number of ketones is 1. The molecular formula is C22H29N3O6. The molecule has 31 heavy (non-hydrogen) atoms. The van der Waals surface area contributed by atoms with Crippen LogP contribution in [0, 0.1) is 5.92 Å². The maximum Gasteiger partial charge on any atom is 0.252 e. The summed E-state index contributed by atoms with van der Waals surface area (Å²) < 4.78 is 7.05. The molecule has 2 amide bonds. The van der Waals surface area contributed by atoms with Crippen LogP contribution < -0.4 is 10.6 Å².